The minimum absolute atomic E-state index is 0.109. The number of hydrogen-bond donors (Lipinski definition) is 1. The summed E-state index contributed by atoms with van der Waals surface area (Å²) < 4.78 is 16.6. The van der Waals surface area contributed by atoms with Crippen LogP contribution in [0.5, 0.6) is 11.5 Å². The number of rotatable bonds is 12. The lowest BCUT2D eigenvalue weighted by Gasteiger charge is -2.27. The molecular weight excluding hydrogens is 374 g/mol. The third-order valence-corrected chi connectivity index (χ3v) is 5.04. The van der Waals surface area contributed by atoms with Gasteiger partial charge < -0.3 is 19.3 Å². The second-order valence-electron chi connectivity index (χ2n) is 8.33. The Balaban J connectivity index is 1.93. The molecule has 0 radical (unpaired) electrons. The number of esters is 1. The Morgan fingerprint density at radius 1 is 1.24 bits per heavy atom. The number of carbonyl (C=O) groups is 2. The number of nitrogens with zero attached hydrogens (tertiary/aromatic N) is 1. The molecule has 1 N–H and O–H groups in total. The molecule has 0 saturated heterocycles. The van der Waals surface area contributed by atoms with Crippen LogP contribution in [0.3, 0.4) is 0 Å². The fourth-order valence-corrected chi connectivity index (χ4v) is 3.04. The van der Waals surface area contributed by atoms with Gasteiger partial charge >= 0.3 is 5.97 Å². The number of aromatic hydroxyl groups is 1. The predicted molar refractivity (Wildman–Crippen MR) is 108 cm³/mol. The van der Waals surface area contributed by atoms with Gasteiger partial charge in [-0.25, -0.2) is 4.98 Å². The maximum atomic E-state index is 12.5. The van der Waals surface area contributed by atoms with Gasteiger partial charge in [-0.2, -0.15) is 0 Å². The van der Waals surface area contributed by atoms with E-state index in [2.05, 4.69) is 18.8 Å². The van der Waals surface area contributed by atoms with Crippen LogP contribution in [0.2, 0.25) is 0 Å². The molecule has 1 aliphatic rings. The predicted octanol–water partition coefficient (Wildman–Crippen LogP) is 3.78. The largest absolute Gasteiger partial charge is 0.503 e. The van der Waals surface area contributed by atoms with Crippen LogP contribution < -0.4 is 4.74 Å². The summed E-state index contributed by atoms with van der Waals surface area (Å²) in [6.45, 7) is 8.39. The van der Waals surface area contributed by atoms with Crippen molar-refractivity contribution in [3.8, 4) is 11.5 Å². The van der Waals surface area contributed by atoms with Crippen LogP contribution in [0, 0.1) is 17.8 Å². The molecule has 0 aromatic carbocycles. The van der Waals surface area contributed by atoms with E-state index < -0.39 is 23.8 Å². The van der Waals surface area contributed by atoms with Gasteiger partial charge in [-0.1, -0.05) is 20.8 Å². The summed E-state index contributed by atoms with van der Waals surface area (Å²) >= 11 is 0. The summed E-state index contributed by atoms with van der Waals surface area (Å²) in [7, 11) is 1.39. The topological polar surface area (TPSA) is 95.0 Å². The maximum Gasteiger partial charge on any atom is 0.309 e. The molecule has 3 atom stereocenters. The van der Waals surface area contributed by atoms with Gasteiger partial charge in [0.1, 0.15) is 6.10 Å². The first-order valence-electron chi connectivity index (χ1n) is 10.3. The Morgan fingerprint density at radius 3 is 2.52 bits per heavy atom. The summed E-state index contributed by atoms with van der Waals surface area (Å²) in [5.74, 6) is -0.677. The zero-order chi connectivity index (χ0) is 21.6. The molecule has 0 aliphatic heterocycles. The van der Waals surface area contributed by atoms with E-state index in [4.69, 9.17) is 14.2 Å². The van der Waals surface area contributed by atoms with Gasteiger partial charge in [-0.3, -0.25) is 9.59 Å². The minimum Gasteiger partial charge on any atom is -0.503 e. The van der Waals surface area contributed by atoms with Crippen LogP contribution in [0.25, 0.3) is 0 Å². The van der Waals surface area contributed by atoms with E-state index in [0.29, 0.717) is 18.4 Å². The lowest BCUT2D eigenvalue weighted by molar-refractivity contribution is -0.161. The molecule has 1 aliphatic carbocycles. The lowest BCUT2D eigenvalue weighted by atomic mass is 10.0. The highest BCUT2D eigenvalue weighted by atomic mass is 16.6. The molecule has 1 saturated carbocycles. The first kappa shape index (κ1) is 23.1. The Kier molecular flexibility index (Phi) is 8.44. The lowest BCUT2D eigenvalue weighted by Crippen LogP contribution is -2.34. The Labute approximate surface area is 172 Å². The standard InChI is InChI=1S/C22H33NO6/c1-13(2)10-19(28-12-16-6-7-16)15(4)29-22(26)14(3)11-17(24)20-21(25)18(27-5)8-9-23-20/h8-9,13-16,19,25H,6-7,10-12H2,1-5H3/t14-,15+,19-/m1/s1. The molecule has 1 heterocycles. The zero-order valence-electron chi connectivity index (χ0n) is 18.0. The van der Waals surface area contributed by atoms with Crippen molar-refractivity contribution >= 4 is 11.8 Å². The molecule has 0 unspecified atom stereocenters. The van der Waals surface area contributed by atoms with Crippen molar-refractivity contribution in [2.24, 2.45) is 17.8 Å². The maximum absolute atomic E-state index is 12.5. The summed E-state index contributed by atoms with van der Waals surface area (Å²) in [4.78, 5) is 28.9. The van der Waals surface area contributed by atoms with E-state index in [0.717, 1.165) is 6.42 Å². The van der Waals surface area contributed by atoms with E-state index in [9.17, 15) is 14.7 Å². The summed E-state index contributed by atoms with van der Waals surface area (Å²) in [5, 5.41) is 10.1. The number of pyridine rings is 1. The molecule has 0 bridgehead atoms. The van der Waals surface area contributed by atoms with Crippen molar-refractivity contribution < 1.29 is 28.9 Å². The summed E-state index contributed by atoms with van der Waals surface area (Å²) in [5.41, 5.74) is -0.109. The second-order valence-corrected chi connectivity index (χ2v) is 8.33. The molecule has 1 fully saturated rings. The molecule has 162 valence electrons. The molecule has 7 nitrogen and oxygen atoms in total. The van der Waals surface area contributed by atoms with Gasteiger partial charge in [0.25, 0.3) is 0 Å². The van der Waals surface area contributed by atoms with Gasteiger partial charge in [0.05, 0.1) is 19.1 Å². The van der Waals surface area contributed by atoms with Crippen LogP contribution in [0.15, 0.2) is 12.3 Å². The average molecular weight is 408 g/mol. The van der Waals surface area contributed by atoms with Crippen molar-refractivity contribution in [3.05, 3.63) is 18.0 Å². The number of methoxy groups -OCH3 is 1. The molecule has 1 aromatic heterocycles. The van der Waals surface area contributed by atoms with E-state index in [1.54, 1.807) is 6.92 Å². The molecule has 2 rings (SSSR count). The van der Waals surface area contributed by atoms with Crippen molar-refractivity contribution in [1.82, 2.24) is 4.98 Å². The molecule has 0 spiro atoms. The normalized spacial score (nSPS) is 16.9. The van der Waals surface area contributed by atoms with E-state index in [-0.39, 0.29) is 29.7 Å². The van der Waals surface area contributed by atoms with Gasteiger partial charge in [-0.05, 0) is 38.0 Å². The fourth-order valence-electron chi connectivity index (χ4n) is 3.04. The average Bonchev–Trinajstić information content (AvgIpc) is 3.49. The van der Waals surface area contributed by atoms with E-state index in [1.165, 1.54) is 32.2 Å². The Bertz CT molecular complexity index is 701. The number of carbonyl (C=O) groups excluding carboxylic acids is 2. The zero-order valence-corrected chi connectivity index (χ0v) is 18.0. The second kappa shape index (κ2) is 10.6. The fraction of sp³-hybridized carbons (Fsp3) is 0.682. The van der Waals surface area contributed by atoms with Crippen LogP contribution in [-0.2, 0) is 14.3 Å². The monoisotopic (exact) mass is 407 g/mol. The highest BCUT2D eigenvalue weighted by Crippen LogP contribution is 2.31. The van der Waals surface area contributed by atoms with E-state index in [1.807, 2.05) is 6.92 Å². The third-order valence-electron chi connectivity index (χ3n) is 5.04. The van der Waals surface area contributed by atoms with Gasteiger partial charge in [0, 0.05) is 25.3 Å². The van der Waals surface area contributed by atoms with Gasteiger partial charge in [-0.15, -0.1) is 0 Å². The van der Waals surface area contributed by atoms with Crippen molar-refractivity contribution in [2.45, 2.75) is 65.6 Å². The number of aromatic nitrogens is 1. The Morgan fingerprint density at radius 2 is 1.93 bits per heavy atom. The first-order chi connectivity index (χ1) is 13.7. The van der Waals surface area contributed by atoms with Crippen molar-refractivity contribution in [2.75, 3.05) is 13.7 Å². The van der Waals surface area contributed by atoms with Crippen LogP contribution in [0.1, 0.15) is 63.9 Å². The van der Waals surface area contributed by atoms with Gasteiger partial charge in [0.15, 0.2) is 23.0 Å². The minimum atomic E-state index is -0.666. The van der Waals surface area contributed by atoms with Crippen molar-refractivity contribution in [3.63, 3.8) is 0 Å². The number of ether oxygens (including phenoxy) is 3. The summed E-state index contributed by atoms with van der Waals surface area (Å²) in [6.07, 6.45) is 3.91. The Hall–Kier alpha value is -2.15. The quantitative estimate of drug-likeness (QED) is 0.416. The smallest absolute Gasteiger partial charge is 0.309 e. The number of Topliss-reactive ketones (excluding diaryl/α,β-unsaturated/α-hetero) is 1. The highest BCUT2D eigenvalue weighted by Gasteiger charge is 2.30. The van der Waals surface area contributed by atoms with Crippen LogP contribution in [0.4, 0.5) is 0 Å². The number of hydrogen-bond acceptors (Lipinski definition) is 7. The SMILES string of the molecule is COc1ccnc(C(=O)C[C@@H](C)C(=O)O[C@@H](C)[C@@H](CC(C)C)OCC2CC2)c1O. The van der Waals surface area contributed by atoms with Crippen LogP contribution in [-0.4, -0.2) is 47.8 Å². The molecule has 29 heavy (non-hydrogen) atoms. The molecule has 0 amide bonds. The van der Waals surface area contributed by atoms with Gasteiger partial charge in [0.2, 0.25) is 0 Å². The van der Waals surface area contributed by atoms with Crippen LogP contribution >= 0.6 is 0 Å². The number of ketones is 1. The van der Waals surface area contributed by atoms with E-state index >= 15 is 0 Å². The highest BCUT2D eigenvalue weighted by molar-refractivity contribution is 5.99. The summed E-state index contributed by atoms with van der Waals surface area (Å²) in [6, 6.07) is 1.46. The first-order valence-corrected chi connectivity index (χ1v) is 10.3. The van der Waals surface area contributed by atoms with Crippen molar-refractivity contribution in [1.29, 1.82) is 0 Å². The molecule has 1 aromatic rings. The molecular formula is C22H33NO6. The molecule has 7 heteroatoms. The third kappa shape index (κ3) is 6.99.